The molecular formula is C15H23NO2. The van der Waals surface area contributed by atoms with Gasteiger partial charge in [0.05, 0.1) is 0 Å². The predicted molar refractivity (Wildman–Crippen MR) is 72.4 cm³/mol. The van der Waals surface area contributed by atoms with Gasteiger partial charge in [-0.3, -0.25) is 0 Å². The number of likely N-dealkylation sites (tertiary alicyclic amines) is 1. The molecule has 0 bridgehead atoms. The van der Waals surface area contributed by atoms with E-state index in [-0.39, 0.29) is 6.09 Å². The van der Waals surface area contributed by atoms with Crippen LogP contribution in [0.5, 0.6) is 0 Å². The molecule has 0 spiro atoms. The number of rotatable bonds is 1. The lowest BCUT2D eigenvalue weighted by molar-refractivity contribution is 0.0290. The molecule has 3 nitrogen and oxygen atoms in total. The summed E-state index contributed by atoms with van der Waals surface area (Å²) in [5.41, 5.74) is 1.09. The minimum Gasteiger partial charge on any atom is -0.444 e. The summed E-state index contributed by atoms with van der Waals surface area (Å²) in [6.07, 6.45) is 9.72. The van der Waals surface area contributed by atoms with Crippen LogP contribution in [0.25, 0.3) is 0 Å². The van der Waals surface area contributed by atoms with E-state index in [4.69, 9.17) is 4.74 Å². The van der Waals surface area contributed by atoms with E-state index in [0.717, 1.165) is 32.4 Å². The fraction of sp³-hybridized carbons (Fsp3) is 0.667. The zero-order chi connectivity index (χ0) is 13.2. The molecule has 1 unspecified atom stereocenters. The Morgan fingerprint density at radius 1 is 1.44 bits per heavy atom. The monoisotopic (exact) mass is 249 g/mol. The van der Waals surface area contributed by atoms with Crippen LogP contribution in [0.3, 0.4) is 0 Å². The highest BCUT2D eigenvalue weighted by Crippen LogP contribution is 2.29. The zero-order valence-electron chi connectivity index (χ0n) is 11.6. The molecule has 1 atom stereocenters. The number of carbonyl (C=O) groups excluding carboxylic acids is 1. The van der Waals surface area contributed by atoms with Crippen molar-refractivity contribution in [2.24, 2.45) is 5.92 Å². The van der Waals surface area contributed by atoms with Gasteiger partial charge in [0.15, 0.2) is 0 Å². The summed E-state index contributed by atoms with van der Waals surface area (Å²) < 4.78 is 5.41. The van der Waals surface area contributed by atoms with Crippen LogP contribution in [-0.4, -0.2) is 29.7 Å². The molecule has 3 heteroatoms. The van der Waals surface area contributed by atoms with E-state index in [9.17, 15) is 4.79 Å². The van der Waals surface area contributed by atoms with Gasteiger partial charge in [0, 0.05) is 13.1 Å². The van der Waals surface area contributed by atoms with Crippen molar-refractivity contribution in [3.05, 3.63) is 23.8 Å². The van der Waals surface area contributed by atoms with Gasteiger partial charge in [-0.1, -0.05) is 23.8 Å². The van der Waals surface area contributed by atoms with Crippen LogP contribution in [0.15, 0.2) is 23.8 Å². The third kappa shape index (κ3) is 3.37. The second kappa shape index (κ2) is 5.17. The van der Waals surface area contributed by atoms with E-state index in [2.05, 4.69) is 18.2 Å². The lowest BCUT2D eigenvalue weighted by Gasteiger charge is -2.24. The van der Waals surface area contributed by atoms with E-state index in [1.807, 2.05) is 25.7 Å². The molecule has 1 aliphatic heterocycles. The smallest absolute Gasteiger partial charge is 0.410 e. The predicted octanol–water partition coefficient (Wildman–Crippen LogP) is 3.52. The number of nitrogens with zero attached hydrogens (tertiary/aromatic N) is 1. The Hall–Kier alpha value is -1.25. The van der Waals surface area contributed by atoms with Crippen molar-refractivity contribution in [2.45, 2.75) is 45.6 Å². The normalized spacial score (nSPS) is 24.1. The van der Waals surface area contributed by atoms with Gasteiger partial charge >= 0.3 is 6.09 Å². The number of amides is 1. The largest absolute Gasteiger partial charge is 0.444 e. The summed E-state index contributed by atoms with van der Waals surface area (Å²) in [6.45, 7) is 7.36. The Bertz CT molecular complexity index is 376. The van der Waals surface area contributed by atoms with Gasteiger partial charge in [-0.05, 0) is 46.0 Å². The van der Waals surface area contributed by atoms with Gasteiger partial charge in [-0.15, -0.1) is 0 Å². The van der Waals surface area contributed by atoms with Gasteiger partial charge in [0.2, 0.25) is 0 Å². The summed E-state index contributed by atoms with van der Waals surface area (Å²) in [4.78, 5) is 13.8. The fourth-order valence-corrected chi connectivity index (χ4v) is 2.52. The van der Waals surface area contributed by atoms with Gasteiger partial charge < -0.3 is 9.64 Å². The van der Waals surface area contributed by atoms with Crippen LogP contribution < -0.4 is 0 Å². The first kappa shape index (κ1) is 13.2. The number of carbonyl (C=O) groups is 1. The molecule has 18 heavy (non-hydrogen) atoms. The Labute approximate surface area is 109 Å². The standard InChI is InChI=1S/C15H23NO2/c1-15(2,3)18-14(17)16-10-9-13(11-16)12-7-5-4-6-8-12/h4-5,7,13H,6,8-11H2,1-3H3. The van der Waals surface area contributed by atoms with Crippen molar-refractivity contribution >= 4 is 6.09 Å². The van der Waals surface area contributed by atoms with E-state index >= 15 is 0 Å². The molecule has 1 saturated heterocycles. The second-order valence-corrected chi connectivity index (χ2v) is 6.12. The molecule has 1 fully saturated rings. The molecule has 100 valence electrons. The third-order valence-corrected chi connectivity index (χ3v) is 3.41. The summed E-state index contributed by atoms with van der Waals surface area (Å²) >= 11 is 0. The number of allylic oxidation sites excluding steroid dienone is 3. The molecule has 1 amide bonds. The Balaban J connectivity index is 1.90. The van der Waals surface area contributed by atoms with Crippen molar-refractivity contribution in [3.63, 3.8) is 0 Å². The molecule has 0 N–H and O–H groups in total. The second-order valence-electron chi connectivity index (χ2n) is 6.12. The number of hydrogen-bond donors (Lipinski definition) is 0. The minimum absolute atomic E-state index is 0.169. The van der Waals surface area contributed by atoms with Gasteiger partial charge in [0.25, 0.3) is 0 Å². The first-order chi connectivity index (χ1) is 8.46. The molecule has 1 heterocycles. The first-order valence-electron chi connectivity index (χ1n) is 6.79. The van der Waals surface area contributed by atoms with Crippen molar-refractivity contribution < 1.29 is 9.53 Å². The van der Waals surface area contributed by atoms with Gasteiger partial charge in [0.1, 0.15) is 5.60 Å². The van der Waals surface area contributed by atoms with Crippen molar-refractivity contribution in [3.8, 4) is 0 Å². The van der Waals surface area contributed by atoms with Crippen LogP contribution >= 0.6 is 0 Å². The maximum absolute atomic E-state index is 12.0. The highest BCUT2D eigenvalue weighted by Gasteiger charge is 2.31. The molecule has 2 aliphatic rings. The molecular weight excluding hydrogens is 226 g/mol. The van der Waals surface area contributed by atoms with E-state index in [1.54, 1.807) is 0 Å². The van der Waals surface area contributed by atoms with Gasteiger partial charge in [-0.2, -0.15) is 0 Å². The zero-order valence-corrected chi connectivity index (χ0v) is 11.6. The van der Waals surface area contributed by atoms with Crippen LogP contribution in [0, 0.1) is 5.92 Å². The molecule has 0 saturated carbocycles. The van der Waals surface area contributed by atoms with Crippen LogP contribution in [-0.2, 0) is 4.74 Å². The highest BCUT2D eigenvalue weighted by atomic mass is 16.6. The van der Waals surface area contributed by atoms with Crippen LogP contribution in [0.1, 0.15) is 40.0 Å². The number of hydrogen-bond acceptors (Lipinski definition) is 2. The fourth-order valence-electron chi connectivity index (χ4n) is 2.52. The maximum Gasteiger partial charge on any atom is 0.410 e. The SMILES string of the molecule is CC(C)(C)OC(=O)N1CCC(C2=CC=CCC2)C1. The summed E-state index contributed by atoms with van der Waals surface area (Å²) in [6, 6.07) is 0. The van der Waals surface area contributed by atoms with Crippen LogP contribution in [0.4, 0.5) is 4.79 Å². The molecule has 2 rings (SSSR count). The van der Waals surface area contributed by atoms with Crippen molar-refractivity contribution in [1.82, 2.24) is 4.90 Å². The average Bonchev–Trinajstić information content (AvgIpc) is 2.77. The first-order valence-corrected chi connectivity index (χ1v) is 6.79. The number of ether oxygens (including phenoxy) is 1. The maximum atomic E-state index is 12.0. The molecule has 0 aromatic carbocycles. The van der Waals surface area contributed by atoms with E-state index in [0.29, 0.717) is 5.92 Å². The van der Waals surface area contributed by atoms with Crippen LogP contribution in [0.2, 0.25) is 0 Å². The molecule has 0 radical (unpaired) electrons. The van der Waals surface area contributed by atoms with E-state index in [1.165, 1.54) is 5.57 Å². The van der Waals surface area contributed by atoms with Gasteiger partial charge in [-0.25, -0.2) is 4.79 Å². The topological polar surface area (TPSA) is 29.5 Å². The lowest BCUT2D eigenvalue weighted by atomic mass is 9.91. The lowest BCUT2D eigenvalue weighted by Crippen LogP contribution is -2.35. The summed E-state index contributed by atoms with van der Waals surface area (Å²) in [7, 11) is 0. The third-order valence-electron chi connectivity index (χ3n) is 3.41. The summed E-state index contributed by atoms with van der Waals surface area (Å²) in [5.74, 6) is 0.530. The Morgan fingerprint density at radius 2 is 2.22 bits per heavy atom. The minimum atomic E-state index is -0.401. The van der Waals surface area contributed by atoms with E-state index < -0.39 is 5.60 Å². The Kier molecular flexibility index (Phi) is 3.79. The highest BCUT2D eigenvalue weighted by molar-refractivity contribution is 5.68. The Morgan fingerprint density at radius 3 is 2.83 bits per heavy atom. The molecule has 1 aliphatic carbocycles. The quantitative estimate of drug-likeness (QED) is 0.711. The average molecular weight is 249 g/mol. The van der Waals surface area contributed by atoms with Crippen molar-refractivity contribution in [1.29, 1.82) is 0 Å². The summed E-state index contributed by atoms with van der Waals surface area (Å²) in [5, 5.41) is 0. The van der Waals surface area contributed by atoms with Crippen molar-refractivity contribution in [2.75, 3.05) is 13.1 Å². The molecule has 0 aromatic heterocycles. The molecule has 0 aromatic rings.